The van der Waals surface area contributed by atoms with Gasteiger partial charge >= 0.3 is 0 Å². The molecule has 0 radical (unpaired) electrons. The minimum atomic E-state index is -0.351. The zero-order valence-electron chi connectivity index (χ0n) is 18.9. The van der Waals surface area contributed by atoms with Gasteiger partial charge in [-0.15, -0.1) is 0 Å². The van der Waals surface area contributed by atoms with Crippen molar-refractivity contribution in [3.05, 3.63) is 42.4 Å². The third-order valence-electron chi connectivity index (χ3n) is 8.22. The fourth-order valence-corrected chi connectivity index (χ4v) is 6.27. The Labute approximate surface area is 192 Å². The average molecular weight is 442 g/mol. The number of nitrogens with zero attached hydrogens (tertiary/aromatic N) is 7. The molecule has 8 nitrogen and oxygen atoms in total. The Kier molecular flexibility index (Phi) is 3.84. The summed E-state index contributed by atoms with van der Waals surface area (Å²) in [6, 6.07) is 11.0. The van der Waals surface area contributed by atoms with E-state index in [0.717, 1.165) is 73.7 Å². The van der Waals surface area contributed by atoms with Gasteiger partial charge in [0.2, 0.25) is 0 Å². The van der Waals surface area contributed by atoms with E-state index in [1.807, 2.05) is 16.9 Å². The van der Waals surface area contributed by atoms with Gasteiger partial charge in [0.25, 0.3) is 0 Å². The number of fused-ring (bicyclic) bond motifs is 1. The van der Waals surface area contributed by atoms with E-state index >= 15 is 0 Å². The number of anilines is 1. The molecule has 7 rings (SSSR count). The first kappa shape index (κ1) is 19.4. The molecule has 4 heterocycles. The van der Waals surface area contributed by atoms with Crippen LogP contribution >= 0.6 is 0 Å². The van der Waals surface area contributed by atoms with Crippen molar-refractivity contribution in [2.24, 2.45) is 5.41 Å². The van der Waals surface area contributed by atoms with Gasteiger partial charge in [0.1, 0.15) is 17.7 Å². The van der Waals surface area contributed by atoms with Gasteiger partial charge in [0, 0.05) is 24.5 Å². The van der Waals surface area contributed by atoms with Crippen molar-refractivity contribution in [3.8, 4) is 11.9 Å². The average Bonchev–Trinajstić information content (AvgIpc) is 3.46. The number of benzene rings is 1. The van der Waals surface area contributed by atoms with Gasteiger partial charge in [-0.05, 0) is 49.8 Å². The van der Waals surface area contributed by atoms with Crippen LogP contribution in [0.25, 0.3) is 16.7 Å². The Balaban J connectivity index is 1.18. The summed E-state index contributed by atoms with van der Waals surface area (Å²) in [7, 11) is 2.15. The lowest BCUT2D eigenvalue weighted by molar-refractivity contribution is -0.117. The van der Waals surface area contributed by atoms with Gasteiger partial charge in [-0.3, -0.25) is 0 Å². The predicted octanol–water partition coefficient (Wildman–Crippen LogP) is 2.67. The molecule has 2 aliphatic heterocycles. The van der Waals surface area contributed by atoms with Gasteiger partial charge in [0.05, 0.1) is 42.9 Å². The first-order valence-corrected chi connectivity index (χ1v) is 11.8. The maximum absolute atomic E-state index is 10.00. The van der Waals surface area contributed by atoms with Gasteiger partial charge in [0.15, 0.2) is 5.82 Å². The quantitative estimate of drug-likeness (QED) is 0.618. The summed E-state index contributed by atoms with van der Waals surface area (Å²) in [5, 5.41) is 15.7. The molecule has 4 aliphatic rings. The Morgan fingerprint density at radius 3 is 2.64 bits per heavy atom. The van der Waals surface area contributed by atoms with Crippen molar-refractivity contribution >= 4 is 16.7 Å². The molecule has 0 amide bonds. The van der Waals surface area contributed by atoms with E-state index in [4.69, 9.17) is 4.74 Å². The molecular weight excluding hydrogens is 414 g/mol. The maximum Gasteiger partial charge on any atom is 0.159 e. The van der Waals surface area contributed by atoms with Crippen molar-refractivity contribution in [2.45, 2.75) is 36.7 Å². The molecular formula is C25H27N7O. The lowest BCUT2D eigenvalue weighted by atomic mass is 9.57. The topological polar surface area (TPSA) is 83.1 Å². The molecule has 0 unspecified atom stereocenters. The molecule has 1 aromatic carbocycles. The first-order chi connectivity index (χ1) is 16.0. The summed E-state index contributed by atoms with van der Waals surface area (Å²) in [6.45, 7) is 4.40. The molecule has 8 heteroatoms. The lowest BCUT2D eigenvalue weighted by Crippen LogP contribution is -2.70. The van der Waals surface area contributed by atoms with Crippen molar-refractivity contribution < 1.29 is 4.74 Å². The summed E-state index contributed by atoms with van der Waals surface area (Å²) >= 11 is 0. The Bertz CT molecular complexity index is 1290. The van der Waals surface area contributed by atoms with Gasteiger partial charge < -0.3 is 14.5 Å². The van der Waals surface area contributed by atoms with Crippen LogP contribution in [0.4, 0.5) is 5.82 Å². The molecule has 0 bridgehead atoms. The van der Waals surface area contributed by atoms with Crippen LogP contribution in [-0.2, 0) is 10.2 Å². The molecule has 2 aliphatic carbocycles. The number of ether oxygens (including phenoxy) is 1. The lowest BCUT2D eigenvalue weighted by Gasteiger charge is -2.53. The Hall–Kier alpha value is -3.02. The molecule has 2 saturated heterocycles. The zero-order valence-corrected chi connectivity index (χ0v) is 18.9. The summed E-state index contributed by atoms with van der Waals surface area (Å²) in [5.41, 5.74) is 2.11. The van der Waals surface area contributed by atoms with E-state index in [-0.39, 0.29) is 11.0 Å². The fourth-order valence-electron chi connectivity index (χ4n) is 6.27. The molecule has 2 saturated carbocycles. The summed E-state index contributed by atoms with van der Waals surface area (Å²) < 4.78 is 7.98. The van der Waals surface area contributed by atoms with E-state index in [0.29, 0.717) is 5.41 Å². The van der Waals surface area contributed by atoms with Crippen LogP contribution in [0.5, 0.6) is 0 Å². The van der Waals surface area contributed by atoms with Crippen LogP contribution < -0.4 is 4.90 Å². The number of morpholine rings is 1. The molecule has 2 spiro atoms. The zero-order chi connectivity index (χ0) is 22.3. The maximum atomic E-state index is 10.00. The molecule has 4 fully saturated rings. The molecule has 168 valence electrons. The van der Waals surface area contributed by atoms with Gasteiger partial charge in [-0.2, -0.15) is 10.4 Å². The molecule has 33 heavy (non-hydrogen) atoms. The second-order valence-corrected chi connectivity index (χ2v) is 10.7. The minimum absolute atomic E-state index is 0.0846. The van der Waals surface area contributed by atoms with E-state index in [2.05, 4.69) is 56.2 Å². The van der Waals surface area contributed by atoms with E-state index in [9.17, 15) is 5.26 Å². The van der Waals surface area contributed by atoms with Crippen LogP contribution in [0.3, 0.4) is 0 Å². The van der Waals surface area contributed by atoms with Crippen molar-refractivity contribution in [3.63, 3.8) is 0 Å². The van der Waals surface area contributed by atoms with Crippen LogP contribution in [0, 0.1) is 16.7 Å². The molecule has 0 N–H and O–H groups in total. The van der Waals surface area contributed by atoms with E-state index in [1.54, 1.807) is 6.33 Å². The monoisotopic (exact) mass is 441 g/mol. The number of likely N-dealkylation sites (N-methyl/N-ethyl adjacent to an activating group) is 1. The Morgan fingerprint density at radius 2 is 1.88 bits per heavy atom. The number of nitriles is 1. The van der Waals surface area contributed by atoms with Crippen LogP contribution in [-0.4, -0.2) is 70.1 Å². The highest BCUT2D eigenvalue weighted by atomic mass is 16.5. The number of hydrogen-bond donors (Lipinski definition) is 0. The molecule has 3 aromatic rings. The molecule has 0 atom stereocenters. The van der Waals surface area contributed by atoms with Gasteiger partial charge in [-0.1, -0.05) is 12.1 Å². The van der Waals surface area contributed by atoms with Crippen molar-refractivity contribution in [1.29, 1.82) is 5.26 Å². The second-order valence-electron chi connectivity index (χ2n) is 10.7. The smallest absolute Gasteiger partial charge is 0.159 e. The van der Waals surface area contributed by atoms with E-state index < -0.39 is 0 Å². The molecule has 2 aromatic heterocycles. The highest BCUT2D eigenvalue weighted by molar-refractivity contribution is 5.81. The van der Waals surface area contributed by atoms with Crippen LogP contribution in [0.1, 0.15) is 31.2 Å². The summed E-state index contributed by atoms with van der Waals surface area (Å²) in [5.74, 6) is 1.64. The predicted molar refractivity (Wildman–Crippen MR) is 123 cm³/mol. The Morgan fingerprint density at radius 1 is 1.06 bits per heavy atom. The SMILES string of the molecule is CN1CCOC2(C1)CN(c1cc(-n3ncc4ccc(C5(C#N)CC6(CC6)C5)cc43)ncn1)C2. The van der Waals surface area contributed by atoms with Gasteiger partial charge in [-0.25, -0.2) is 14.6 Å². The second kappa shape index (κ2) is 6.52. The summed E-state index contributed by atoms with van der Waals surface area (Å²) in [4.78, 5) is 13.6. The fraction of sp³-hybridized carbons (Fsp3) is 0.520. The van der Waals surface area contributed by atoms with Crippen molar-refractivity contribution in [1.82, 2.24) is 24.6 Å². The third kappa shape index (κ3) is 2.92. The number of aromatic nitrogens is 4. The van der Waals surface area contributed by atoms with Crippen molar-refractivity contribution in [2.75, 3.05) is 44.7 Å². The largest absolute Gasteiger partial charge is 0.369 e. The normalized spacial score (nSPS) is 24.4. The highest BCUT2D eigenvalue weighted by Crippen LogP contribution is 2.68. The first-order valence-electron chi connectivity index (χ1n) is 11.8. The van der Waals surface area contributed by atoms with E-state index in [1.165, 1.54) is 12.8 Å². The highest BCUT2D eigenvalue weighted by Gasteiger charge is 2.62. The standard InChI is InChI=1S/C25H27N7O/c1-30-6-7-33-25(14-30)15-31(16-25)21-9-22(28-17-27-21)32-20-8-19(3-2-18(20)10-29-32)24(13-26)11-23(12-24)4-5-23/h2-3,8-10,17H,4-7,11-12,14-16H2,1H3. The minimum Gasteiger partial charge on any atom is -0.369 e. The number of hydrogen-bond acceptors (Lipinski definition) is 7. The number of rotatable bonds is 3. The summed E-state index contributed by atoms with van der Waals surface area (Å²) in [6.07, 6.45) is 8.01. The third-order valence-corrected chi connectivity index (χ3v) is 8.22. The van der Waals surface area contributed by atoms with Crippen LogP contribution in [0.2, 0.25) is 0 Å². The van der Waals surface area contributed by atoms with Crippen LogP contribution in [0.15, 0.2) is 36.8 Å².